The molecule has 2 aromatic rings. The summed E-state index contributed by atoms with van der Waals surface area (Å²) in [5.41, 5.74) is 4.58. The fourth-order valence-electron chi connectivity index (χ4n) is 3.69. The summed E-state index contributed by atoms with van der Waals surface area (Å²) in [6.45, 7) is 7.45. The van der Waals surface area contributed by atoms with Crippen LogP contribution in [0.1, 0.15) is 42.0 Å². The molecule has 0 saturated carbocycles. The average Bonchev–Trinajstić information content (AvgIpc) is 3.17. The van der Waals surface area contributed by atoms with Gasteiger partial charge in [-0.2, -0.15) is 0 Å². The summed E-state index contributed by atoms with van der Waals surface area (Å²) in [6.07, 6.45) is 2.02. The van der Waals surface area contributed by atoms with Crippen molar-refractivity contribution in [2.24, 2.45) is 4.99 Å². The van der Waals surface area contributed by atoms with Crippen molar-refractivity contribution in [1.29, 1.82) is 0 Å². The number of carbonyl (C=O) groups excluding carboxylic acids is 1. The first-order valence-corrected chi connectivity index (χ1v) is 10.7. The minimum atomic E-state index is -0.202. The second-order valence-electron chi connectivity index (χ2n) is 7.63. The van der Waals surface area contributed by atoms with E-state index in [0.717, 1.165) is 36.5 Å². The van der Waals surface area contributed by atoms with Gasteiger partial charge in [0.1, 0.15) is 5.82 Å². The monoisotopic (exact) mass is 538 g/mol. The van der Waals surface area contributed by atoms with E-state index in [1.165, 1.54) is 17.2 Å². The van der Waals surface area contributed by atoms with E-state index in [-0.39, 0.29) is 35.7 Å². The summed E-state index contributed by atoms with van der Waals surface area (Å²) in [4.78, 5) is 19.0. The number of halogens is 2. The van der Waals surface area contributed by atoms with E-state index < -0.39 is 0 Å². The van der Waals surface area contributed by atoms with E-state index in [0.29, 0.717) is 32.6 Å². The number of rotatable bonds is 8. The summed E-state index contributed by atoms with van der Waals surface area (Å²) >= 11 is 0. The van der Waals surface area contributed by atoms with E-state index in [2.05, 4.69) is 27.8 Å². The van der Waals surface area contributed by atoms with Crippen molar-refractivity contribution in [1.82, 2.24) is 15.5 Å². The number of aliphatic imine (C=N–C) groups is 1. The smallest absolute Gasteiger partial charge is 0.223 e. The lowest BCUT2D eigenvalue weighted by Crippen LogP contribution is -2.38. The van der Waals surface area contributed by atoms with Gasteiger partial charge in [-0.15, -0.1) is 24.0 Å². The predicted octanol–water partition coefficient (Wildman–Crippen LogP) is 4.17. The van der Waals surface area contributed by atoms with E-state index in [1.807, 2.05) is 36.9 Å². The van der Waals surface area contributed by atoms with Crippen LogP contribution >= 0.6 is 24.0 Å². The Morgan fingerprint density at radius 1 is 1.13 bits per heavy atom. The number of hydrogen-bond acceptors (Lipinski definition) is 2. The fourth-order valence-corrected chi connectivity index (χ4v) is 3.69. The number of hydrogen-bond donors (Lipinski definition) is 2. The summed E-state index contributed by atoms with van der Waals surface area (Å²) in [5, 5.41) is 6.55. The molecular formula is C24H32FIN4O. The topological polar surface area (TPSA) is 56.7 Å². The van der Waals surface area contributed by atoms with Crippen molar-refractivity contribution >= 4 is 35.8 Å². The van der Waals surface area contributed by atoms with Gasteiger partial charge in [-0.25, -0.2) is 4.39 Å². The van der Waals surface area contributed by atoms with E-state index >= 15 is 0 Å². The first kappa shape index (κ1) is 25.1. The van der Waals surface area contributed by atoms with Crippen molar-refractivity contribution in [3.05, 3.63) is 70.5 Å². The van der Waals surface area contributed by atoms with Crippen LogP contribution < -0.4 is 10.6 Å². The molecule has 0 aromatic heterocycles. The average molecular weight is 538 g/mol. The summed E-state index contributed by atoms with van der Waals surface area (Å²) in [5.74, 6) is 0.732. The van der Waals surface area contributed by atoms with E-state index in [4.69, 9.17) is 0 Å². The Morgan fingerprint density at radius 3 is 2.48 bits per heavy atom. The maximum Gasteiger partial charge on any atom is 0.223 e. The highest BCUT2D eigenvalue weighted by atomic mass is 127. The largest absolute Gasteiger partial charge is 0.357 e. The van der Waals surface area contributed by atoms with Crippen LogP contribution in [0, 0.1) is 12.7 Å². The number of fused-ring (bicyclic) bond motifs is 1. The SMILES string of the molecule is CCNC(=NCCCC(=O)N1Cc2ccccc2C1)NCCc1ccc(F)cc1C.I. The number of nitrogens with zero attached hydrogens (tertiary/aromatic N) is 2. The van der Waals surface area contributed by atoms with Crippen LogP contribution in [-0.2, 0) is 24.3 Å². The Balaban J connectivity index is 0.00000341. The van der Waals surface area contributed by atoms with Crippen LogP contribution in [0.3, 0.4) is 0 Å². The number of amides is 1. The van der Waals surface area contributed by atoms with Gasteiger partial charge in [0, 0.05) is 39.1 Å². The molecule has 2 aromatic carbocycles. The van der Waals surface area contributed by atoms with Gasteiger partial charge in [0.15, 0.2) is 5.96 Å². The third-order valence-electron chi connectivity index (χ3n) is 5.35. The van der Waals surface area contributed by atoms with E-state index in [1.54, 1.807) is 6.07 Å². The zero-order valence-corrected chi connectivity index (χ0v) is 20.6. The molecule has 0 radical (unpaired) electrons. The van der Waals surface area contributed by atoms with E-state index in [9.17, 15) is 9.18 Å². The predicted molar refractivity (Wildman–Crippen MR) is 134 cm³/mol. The number of aryl methyl sites for hydroxylation is 1. The molecule has 168 valence electrons. The Hall–Kier alpha value is -2.16. The van der Waals surface area contributed by atoms with Crippen LogP contribution in [-0.4, -0.2) is 36.4 Å². The first-order valence-electron chi connectivity index (χ1n) is 10.7. The van der Waals surface area contributed by atoms with Crippen molar-refractivity contribution in [2.75, 3.05) is 19.6 Å². The third-order valence-corrected chi connectivity index (χ3v) is 5.35. The summed E-state index contributed by atoms with van der Waals surface area (Å²) in [7, 11) is 0. The molecule has 0 spiro atoms. The molecule has 0 aliphatic carbocycles. The van der Waals surface area contributed by atoms with Gasteiger partial charge in [0.05, 0.1) is 0 Å². The molecule has 5 nitrogen and oxygen atoms in total. The number of carbonyl (C=O) groups is 1. The molecule has 3 rings (SSSR count). The van der Waals surface area contributed by atoms with Gasteiger partial charge in [-0.05, 0) is 61.1 Å². The van der Waals surface area contributed by atoms with Gasteiger partial charge in [0.25, 0.3) is 0 Å². The van der Waals surface area contributed by atoms with Crippen molar-refractivity contribution in [3.63, 3.8) is 0 Å². The van der Waals surface area contributed by atoms with Crippen molar-refractivity contribution in [3.8, 4) is 0 Å². The Kier molecular flexibility index (Phi) is 10.2. The van der Waals surface area contributed by atoms with Crippen LogP contribution in [0.4, 0.5) is 4.39 Å². The highest BCUT2D eigenvalue weighted by molar-refractivity contribution is 14.0. The molecule has 0 fully saturated rings. The molecule has 0 saturated heterocycles. The van der Waals surface area contributed by atoms with Crippen molar-refractivity contribution in [2.45, 2.75) is 46.2 Å². The van der Waals surface area contributed by atoms with Gasteiger partial charge < -0.3 is 15.5 Å². The lowest BCUT2D eigenvalue weighted by atomic mass is 10.1. The maximum atomic E-state index is 13.2. The first-order chi connectivity index (χ1) is 14.6. The zero-order chi connectivity index (χ0) is 21.3. The second kappa shape index (κ2) is 12.6. The minimum absolute atomic E-state index is 0. The molecular weight excluding hydrogens is 506 g/mol. The Morgan fingerprint density at radius 2 is 1.84 bits per heavy atom. The standard InChI is InChI=1S/C24H31FN4O.HI/c1-3-26-24(28-14-12-19-10-11-22(25)15-18(19)2)27-13-6-9-23(30)29-16-20-7-4-5-8-21(20)17-29;/h4-5,7-8,10-11,15H,3,6,9,12-14,16-17H2,1-2H3,(H2,26,27,28);1H. The van der Waals surface area contributed by atoms with Crippen LogP contribution in [0.15, 0.2) is 47.5 Å². The molecule has 0 bridgehead atoms. The molecule has 2 N–H and O–H groups in total. The molecule has 1 aliphatic heterocycles. The molecule has 0 atom stereocenters. The second-order valence-corrected chi connectivity index (χ2v) is 7.63. The molecule has 7 heteroatoms. The van der Waals surface area contributed by atoms with Crippen LogP contribution in [0.2, 0.25) is 0 Å². The zero-order valence-electron chi connectivity index (χ0n) is 18.3. The maximum absolute atomic E-state index is 13.2. The lowest BCUT2D eigenvalue weighted by Gasteiger charge is -2.15. The molecule has 0 unspecified atom stereocenters. The highest BCUT2D eigenvalue weighted by Gasteiger charge is 2.22. The van der Waals surface area contributed by atoms with Gasteiger partial charge in [0.2, 0.25) is 5.91 Å². The highest BCUT2D eigenvalue weighted by Crippen LogP contribution is 2.22. The van der Waals surface area contributed by atoms with Gasteiger partial charge in [-0.3, -0.25) is 9.79 Å². The third kappa shape index (κ3) is 7.48. The molecule has 1 aliphatic rings. The Labute approximate surface area is 201 Å². The van der Waals surface area contributed by atoms with Gasteiger partial charge >= 0.3 is 0 Å². The minimum Gasteiger partial charge on any atom is -0.357 e. The van der Waals surface area contributed by atoms with Gasteiger partial charge in [-0.1, -0.05) is 30.3 Å². The van der Waals surface area contributed by atoms with Crippen LogP contribution in [0.5, 0.6) is 0 Å². The summed E-state index contributed by atoms with van der Waals surface area (Å²) < 4.78 is 13.2. The normalized spacial score (nSPS) is 12.9. The molecule has 31 heavy (non-hydrogen) atoms. The summed E-state index contributed by atoms with van der Waals surface area (Å²) in [6, 6.07) is 13.1. The Bertz CT molecular complexity index is 878. The number of guanidine groups is 1. The number of benzene rings is 2. The van der Waals surface area contributed by atoms with Crippen molar-refractivity contribution < 1.29 is 9.18 Å². The molecule has 1 heterocycles. The van der Waals surface area contributed by atoms with Crippen LogP contribution in [0.25, 0.3) is 0 Å². The molecule has 1 amide bonds. The number of nitrogens with one attached hydrogen (secondary N) is 2. The fraction of sp³-hybridized carbons (Fsp3) is 0.417. The quantitative estimate of drug-likeness (QED) is 0.230. The lowest BCUT2D eigenvalue weighted by molar-refractivity contribution is -0.131.